The molecule has 1 amide bonds. The molecule has 2 aliphatic rings. The highest BCUT2D eigenvalue weighted by atomic mass is 16.5. The Balaban J connectivity index is 1.69. The lowest BCUT2D eigenvalue weighted by atomic mass is 9.88. The average molecular weight is 250 g/mol. The van der Waals surface area contributed by atoms with Crippen LogP contribution in [0.5, 0.6) is 0 Å². The van der Waals surface area contributed by atoms with Crippen LogP contribution >= 0.6 is 0 Å². The van der Waals surface area contributed by atoms with Gasteiger partial charge in [-0.1, -0.05) is 0 Å². The normalized spacial score (nSPS) is 28.0. The Kier molecular flexibility index (Phi) is 2.83. The van der Waals surface area contributed by atoms with Gasteiger partial charge in [-0.3, -0.25) is 4.79 Å². The number of rotatable bonds is 0. The molecule has 2 atom stereocenters. The zero-order chi connectivity index (χ0) is 12.5. The number of hydrogen-bond donors (Lipinski definition) is 0. The molecule has 18 heavy (non-hydrogen) atoms. The van der Waals surface area contributed by atoms with Crippen molar-refractivity contribution in [3.05, 3.63) is 12.7 Å². The summed E-state index contributed by atoms with van der Waals surface area (Å²) in [6.07, 6.45) is 4.11. The topological polar surface area (TPSA) is 77.3 Å². The fourth-order valence-electron chi connectivity index (χ4n) is 2.60. The lowest BCUT2D eigenvalue weighted by Gasteiger charge is -2.40. The van der Waals surface area contributed by atoms with Crippen LogP contribution < -0.4 is 0 Å². The van der Waals surface area contributed by atoms with E-state index in [2.05, 4.69) is 10.1 Å². The van der Waals surface area contributed by atoms with Crippen molar-refractivity contribution in [2.45, 2.75) is 18.9 Å². The third kappa shape index (κ3) is 2.01. The second-order valence-corrected chi connectivity index (χ2v) is 4.71. The molecule has 2 aliphatic heterocycles. The summed E-state index contributed by atoms with van der Waals surface area (Å²) in [4.78, 5) is 28.9. The van der Waals surface area contributed by atoms with Crippen molar-refractivity contribution in [2.24, 2.45) is 5.92 Å². The van der Waals surface area contributed by atoms with Crippen LogP contribution in [0.1, 0.15) is 12.8 Å². The quantitative estimate of drug-likeness (QED) is 0.644. The van der Waals surface area contributed by atoms with E-state index in [9.17, 15) is 9.59 Å². The minimum Gasteiger partial charge on any atom is -0.370 e. The van der Waals surface area contributed by atoms with Crippen LogP contribution in [0.15, 0.2) is 12.7 Å². The highest BCUT2D eigenvalue weighted by molar-refractivity contribution is 5.81. The van der Waals surface area contributed by atoms with Crippen molar-refractivity contribution >= 4 is 11.8 Å². The van der Waals surface area contributed by atoms with Gasteiger partial charge in [0.15, 0.2) is 5.78 Å². The first-order valence-corrected chi connectivity index (χ1v) is 6.01. The number of piperidine rings is 1. The van der Waals surface area contributed by atoms with E-state index in [-0.39, 0.29) is 30.4 Å². The van der Waals surface area contributed by atoms with E-state index < -0.39 is 0 Å². The fourth-order valence-corrected chi connectivity index (χ4v) is 2.60. The molecule has 0 aromatic carbocycles. The van der Waals surface area contributed by atoms with Crippen LogP contribution in [0.25, 0.3) is 0 Å². The highest BCUT2D eigenvalue weighted by Gasteiger charge is 2.37. The molecule has 1 aromatic heterocycles. The van der Waals surface area contributed by atoms with Crippen molar-refractivity contribution in [1.29, 1.82) is 0 Å². The zero-order valence-corrected chi connectivity index (χ0v) is 9.86. The van der Waals surface area contributed by atoms with E-state index in [1.807, 2.05) is 0 Å². The Bertz CT molecular complexity index is 459. The van der Waals surface area contributed by atoms with Gasteiger partial charge in [-0.2, -0.15) is 9.78 Å². The molecule has 0 spiro atoms. The van der Waals surface area contributed by atoms with Gasteiger partial charge >= 0.3 is 6.03 Å². The molecule has 0 unspecified atom stereocenters. The van der Waals surface area contributed by atoms with Crippen LogP contribution in [-0.4, -0.2) is 57.3 Å². The van der Waals surface area contributed by atoms with Gasteiger partial charge < -0.3 is 9.64 Å². The van der Waals surface area contributed by atoms with Crippen molar-refractivity contribution in [2.75, 3.05) is 19.7 Å². The first kappa shape index (κ1) is 11.3. The summed E-state index contributed by atoms with van der Waals surface area (Å²) in [7, 11) is 0. The van der Waals surface area contributed by atoms with E-state index in [0.717, 1.165) is 6.42 Å². The second-order valence-electron chi connectivity index (χ2n) is 4.71. The maximum Gasteiger partial charge on any atom is 0.346 e. The van der Waals surface area contributed by atoms with Gasteiger partial charge in [0.1, 0.15) is 19.3 Å². The molecule has 0 radical (unpaired) electrons. The highest BCUT2D eigenvalue weighted by Crippen LogP contribution is 2.27. The number of ketones is 1. The van der Waals surface area contributed by atoms with Crippen molar-refractivity contribution < 1.29 is 14.3 Å². The lowest BCUT2D eigenvalue weighted by molar-refractivity contribution is -0.139. The molecule has 3 heterocycles. The van der Waals surface area contributed by atoms with E-state index >= 15 is 0 Å². The third-order valence-corrected chi connectivity index (χ3v) is 3.50. The third-order valence-electron chi connectivity index (χ3n) is 3.50. The van der Waals surface area contributed by atoms with Crippen LogP contribution in [0.4, 0.5) is 4.79 Å². The van der Waals surface area contributed by atoms with Crippen LogP contribution in [0.3, 0.4) is 0 Å². The number of amides is 1. The molecule has 7 nitrogen and oxygen atoms in total. The van der Waals surface area contributed by atoms with Gasteiger partial charge in [0.2, 0.25) is 0 Å². The molecule has 96 valence electrons. The van der Waals surface area contributed by atoms with Crippen molar-refractivity contribution in [3.63, 3.8) is 0 Å². The van der Waals surface area contributed by atoms with Crippen LogP contribution in [0.2, 0.25) is 0 Å². The Hall–Kier alpha value is -1.76. The van der Waals surface area contributed by atoms with E-state index in [1.165, 1.54) is 17.3 Å². The van der Waals surface area contributed by atoms with Gasteiger partial charge in [-0.05, 0) is 6.42 Å². The van der Waals surface area contributed by atoms with Gasteiger partial charge in [0.25, 0.3) is 0 Å². The Labute approximate surface area is 104 Å². The number of likely N-dealkylation sites (tertiary alicyclic amines) is 1. The Morgan fingerprint density at radius 1 is 1.50 bits per heavy atom. The number of carbonyl (C=O) groups is 2. The average Bonchev–Trinajstić information content (AvgIpc) is 2.90. The molecule has 0 aliphatic carbocycles. The molecule has 2 saturated heterocycles. The number of Topliss-reactive ketones (excluding diaryl/α,β-unsaturated/α-hetero) is 1. The predicted octanol–water partition coefficient (Wildman–Crippen LogP) is -0.0739. The summed E-state index contributed by atoms with van der Waals surface area (Å²) >= 11 is 0. The van der Waals surface area contributed by atoms with Crippen LogP contribution in [-0.2, 0) is 9.53 Å². The standard InChI is InChI=1S/C11H14N4O3/c16-9-3-8-4-14(2-1-10(8)18-5-9)11(17)15-7-12-6-13-15/h6-8,10H,1-5H2/t8-,10+/m1/s1. The summed E-state index contributed by atoms with van der Waals surface area (Å²) < 4.78 is 6.70. The van der Waals surface area contributed by atoms with Gasteiger partial charge in [-0.25, -0.2) is 9.78 Å². The maximum atomic E-state index is 12.1. The number of hydrogen-bond acceptors (Lipinski definition) is 5. The second kappa shape index (κ2) is 4.49. The first-order valence-electron chi connectivity index (χ1n) is 6.01. The van der Waals surface area contributed by atoms with Crippen molar-refractivity contribution in [3.8, 4) is 0 Å². The number of ether oxygens (including phenoxy) is 1. The molecular weight excluding hydrogens is 236 g/mol. The van der Waals surface area contributed by atoms with Crippen LogP contribution in [0, 0.1) is 5.92 Å². The lowest BCUT2D eigenvalue weighted by Crippen LogP contribution is -2.51. The minimum atomic E-state index is -0.191. The molecule has 7 heteroatoms. The molecule has 0 saturated carbocycles. The maximum absolute atomic E-state index is 12.1. The Morgan fingerprint density at radius 3 is 3.17 bits per heavy atom. The van der Waals surface area contributed by atoms with Gasteiger partial charge in [0.05, 0.1) is 6.10 Å². The molecule has 0 bridgehead atoms. The fraction of sp³-hybridized carbons (Fsp3) is 0.636. The van der Waals surface area contributed by atoms with Crippen molar-refractivity contribution in [1.82, 2.24) is 19.7 Å². The minimum absolute atomic E-state index is 0.113. The first-order chi connectivity index (χ1) is 8.74. The predicted molar refractivity (Wildman–Crippen MR) is 59.9 cm³/mol. The summed E-state index contributed by atoms with van der Waals surface area (Å²) in [5.74, 6) is 0.235. The number of carbonyl (C=O) groups excluding carboxylic acids is 2. The summed E-state index contributed by atoms with van der Waals surface area (Å²) in [5.41, 5.74) is 0. The summed E-state index contributed by atoms with van der Waals surface area (Å²) in [6.45, 7) is 1.40. The molecule has 0 N–H and O–H groups in total. The smallest absolute Gasteiger partial charge is 0.346 e. The number of fused-ring (bicyclic) bond motifs is 1. The van der Waals surface area contributed by atoms with E-state index in [4.69, 9.17) is 4.74 Å². The largest absolute Gasteiger partial charge is 0.370 e. The summed E-state index contributed by atoms with van der Waals surface area (Å²) in [6, 6.07) is -0.191. The van der Waals surface area contributed by atoms with Gasteiger partial charge in [0, 0.05) is 25.4 Å². The number of aromatic nitrogens is 3. The van der Waals surface area contributed by atoms with Gasteiger partial charge in [-0.15, -0.1) is 0 Å². The molecular formula is C11H14N4O3. The summed E-state index contributed by atoms with van der Waals surface area (Å²) in [5, 5.41) is 3.83. The number of nitrogens with zero attached hydrogens (tertiary/aromatic N) is 4. The Morgan fingerprint density at radius 2 is 2.39 bits per heavy atom. The molecule has 2 fully saturated rings. The SMILES string of the molecule is O=C1CO[C@H]2CCN(C(=O)n3cncn3)C[C@H]2C1. The molecule has 3 rings (SSSR count). The van der Waals surface area contributed by atoms with E-state index in [0.29, 0.717) is 19.5 Å². The zero-order valence-electron chi connectivity index (χ0n) is 9.86. The van der Waals surface area contributed by atoms with E-state index in [1.54, 1.807) is 4.90 Å². The molecule has 1 aromatic rings. The monoisotopic (exact) mass is 250 g/mol.